The molecule has 4 nitrogen and oxygen atoms in total. The van der Waals surface area contributed by atoms with Crippen LogP contribution in [0.1, 0.15) is 104 Å². The van der Waals surface area contributed by atoms with E-state index in [2.05, 4.69) is 30.0 Å². The Morgan fingerprint density at radius 3 is 1.12 bits per heavy atom. The van der Waals surface area contributed by atoms with Gasteiger partial charge in [0.15, 0.2) is 0 Å². The molecule has 0 aliphatic heterocycles. The Morgan fingerprint density at radius 2 is 0.917 bits per heavy atom. The van der Waals surface area contributed by atoms with E-state index < -0.39 is 11.9 Å². The van der Waals surface area contributed by atoms with E-state index in [4.69, 9.17) is 10.2 Å². The van der Waals surface area contributed by atoms with E-state index >= 15 is 0 Å². The van der Waals surface area contributed by atoms with Gasteiger partial charge < -0.3 is 10.2 Å². The molecule has 0 amide bonds. The summed E-state index contributed by atoms with van der Waals surface area (Å²) in [6.45, 7) is 6.46. The number of hydrogen-bond donors (Lipinski definition) is 2. The molecule has 0 rings (SSSR count). The van der Waals surface area contributed by atoms with Gasteiger partial charge in [-0.1, -0.05) is 78.6 Å². The highest BCUT2D eigenvalue weighted by molar-refractivity contribution is 7.16. The molecule has 0 heterocycles. The molecule has 0 saturated heterocycles. The summed E-state index contributed by atoms with van der Waals surface area (Å²) in [5, 5.41) is 16.5. The van der Waals surface area contributed by atoms with Crippen molar-refractivity contribution in [2.24, 2.45) is 0 Å². The second-order valence-electron chi connectivity index (χ2n) is 5.90. The number of carboxylic acids is 2. The molecule has 0 aromatic heterocycles. The molecule has 0 radical (unpaired) electrons. The maximum absolute atomic E-state index is 10.0. The van der Waals surface area contributed by atoms with Gasteiger partial charge in [-0.3, -0.25) is 9.59 Å². The van der Waals surface area contributed by atoms with Crippen molar-refractivity contribution in [3.8, 4) is 0 Å². The number of aliphatic carboxylic acids is 2. The minimum atomic E-state index is -0.670. The van der Waals surface area contributed by atoms with Crippen LogP contribution in [0.4, 0.5) is 0 Å². The Morgan fingerprint density at radius 1 is 0.625 bits per heavy atom. The Kier molecular flexibility index (Phi) is 32.0. The largest absolute Gasteiger partial charge is 0.481 e. The van der Waals surface area contributed by atoms with Crippen LogP contribution in [0.2, 0.25) is 0 Å². The summed E-state index contributed by atoms with van der Waals surface area (Å²) < 4.78 is 0. The van der Waals surface area contributed by atoms with Crippen LogP contribution < -0.4 is 0 Å². The minimum Gasteiger partial charge on any atom is -0.481 e. The van der Waals surface area contributed by atoms with E-state index in [1.807, 2.05) is 0 Å². The zero-order valence-corrected chi connectivity index (χ0v) is 17.3. The van der Waals surface area contributed by atoms with Crippen molar-refractivity contribution in [2.75, 3.05) is 6.16 Å². The summed E-state index contributed by atoms with van der Waals surface area (Å²) in [4.78, 5) is 20.1. The van der Waals surface area contributed by atoms with Crippen LogP contribution >= 0.6 is 9.24 Å². The Hall–Kier alpha value is -0.630. The van der Waals surface area contributed by atoms with Crippen LogP contribution in [-0.2, 0) is 9.59 Å². The first-order chi connectivity index (χ1) is 11.5. The predicted molar refractivity (Wildman–Crippen MR) is 107 cm³/mol. The molecule has 24 heavy (non-hydrogen) atoms. The third-order valence-electron chi connectivity index (χ3n) is 3.28. The second kappa shape index (κ2) is 27.2. The summed E-state index contributed by atoms with van der Waals surface area (Å²) >= 11 is 0. The molecule has 0 aliphatic carbocycles. The molecule has 1 atom stereocenters. The quantitative estimate of drug-likeness (QED) is 0.304. The molecular formula is C19H41O4P. The molecule has 2 N–H and O–H groups in total. The van der Waals surface area contributed by atoms with Gasteiger partial charge in [0.2, 0.25) is 0 Å². The number of rotatable bonds is 13. The van der Waals surface area contributed by atoms with Crippen molar-refractivity contribution in [2.45, 2.75) is 104 Å². The first-order valence-electron chi connectivity index (χ1n) is 9.59. The van der Waals surface area contributed by atoms with Crippen molar-refractivity contribution in [3.05, 3.63) is 0 Å². The SMILES string of the molecule is CCCCCCCC(=O)O.CCCCCCCC(=O)O.CCCP. The third kappa shape index (κ3) is 42.9. The maximum Gasteiger partial charge on any atom is 0.303 e. The minimum absolute atomic E-state index is 0.337. The molecule has 0 aromatic carbocycles. The average molecular weight is 365 g/mol. The Labute approximate surface area is 152 Å². The first kappa shape index (κ1) is 28.2. The maximum atomic E-state index is 10.0. The third-order valence-corrected chi connectivity index (χ3v) is 3.85. The molecular weight excluding hydrogens is 323 g/mol. The van der Waals surface area contributed by atoms with Crippen molar-refractivity contribution in [3.63, 3.8) is 0 Å². The van der Waals surface area contributed by atoms with Gasteiger partial charge in [0.1, 0.15) is 0 Å². The summed E-state index contributed by atoms with van der Waals surface area (Å²) in [6, 6.07) is 0. The highest BCUT2D eigenvalue weighted by atomic mass is 31.0. The molecule has 5 heteroatoms. The highest BCUT2D eigenvalue weighted by Crippen LogP contribution is 2.04. The van der Waals surface area contributed by atoms with Crippen LogP contribution in [0.15, 0.2) is 0 Å². The van der Waals surface area contributed by atoms with Gasteiger partial charge in [0, 0.05) is 12.8 Å². The van der Waals surface area contributed by atoms with Gasteiger partial charge in [-0.25, -0.2) is 0 Å². The normalized spacial score (nSPS) is 9.33. The molecule has 0 aliphatic rings. The Balaban J connectivity index is -0.000000301. The van der Waals surface area contributed by atoms with Crippen LogP contribution in [0.3, 0.4) is 0 Å². The molecule has 0 spiro atoms. The van der Waals surface area contributed by atoms with E-state index in [1.165, 1.54) is 51.1 Å². The highest BCUT2D eigenvalue weighted by Gasteiger charge is 1.95. The lowest BCUT2D eigenvalue weighted by Gasteiger charge is -1.95. The molecule has 0 fully saturated rings. The average Bonchev–Trinajstić information content (AvgIpc) is 2.55. The number of carboxylic acid groups (broad SMARTS) is 2. The zero-order chi connectivity index (χ0) is 19.1. The molecule has 0 saturated carbocycles. The monoisotopic (exact) mass is 364 g/mol. The number of carbonyl (C=O) groups is 2. The van der Waals surface area contributed by atoms with Gasteiger partial charge in [0.25, 0.3) is 0 Å². The van der Waals surface area contributed by atoms with Gasteiger partial charge in [-0.05, 0) is 19.0 Å². The van der Waals surface area contributed by atoms with Gasteiger partial charge in [-0.2, -0.15) is 0 Å². The lowest BCUT2D eigenvalue weighted by molar-refractivity contribution is -0.138. The van der Waals surface area contributed by atoms with E-state index in [1.54, 1.807) is 0 Å². The van der Waals surface area contributed by atoms with Gasteiger partial charge >= 0.3 is 11.9 Å². The molecule has 146 valence electrons. The molecule has 1 unspecified atom stereocenters. The van der Waals surface area contributed by atoms with Crippen LogP contribution in [0.25, 0.3) is 0 Å². The van der Waals surface area contributed by atoms with E-state index in [-0.39, 0.29) is 0 Å². The summed E-state index contributed by atoms with van der Waals surface area (Å²) in [5.74, 6) is -1.34. The lowest BCUT2D eigenvalue weighted by Crippen LogP contribution is -1.93. The predicted octanol–water partition coefficient (Wildman–Crippen LogP) is 6.13. The zero-order valence-electron chi connectivity index (χ0n) is 16.2. The fourth-order valence-corrected chi connectivity index (χ4v) is 1.76. The standard InChI is InChI=1S/2C8H16O2.C3H9P/c2*1-2-3-4-5-6-7-8(9)10;1-2-3-4/h2*2-7H2,1H3,(H,9,10);2-4H2,1H3. The van der Waals surface area contributed by atoms with Gasteiger partial charge in [0.05, 0.1) is 0 Å². The smallest absolute Gasteiger partial charge is 0.303 e. The van der Waals surface area contributed by atoms with Crippen LogP contribution in [-0.4, -0.2) is 28.3 Å². The first-order valence-corrected chi connectivity index (χ1v) is 10.4. The molecule has 0 aromatic rings. The summed E-state index contributed by atoms with van der Waals surface area (Å²) in [6.07, 6.45) is 14.3. The van der Waals surface area contributed by atoms with Crippen LogP contribution in [0, 0.1) is 0 Å². The van der Waals surface area contributed by atoms with Crippen molar-refractivity contribution >= 4 is 21.2 Å². The lowest BCUT2D eigenvalue weighted by atomic mass is 10.1. The number of unbranched alkanes of at least 4 members (excludes halogenated alkanes) is 8. The van der Waals surface area contributed by atoms with E-state index in [9.17, 15) is 9.59 Å². The fraction of sp³-hybridized carbons (Fsp3) is 0.895. The van der Waals surface area contributed by atoms with E-state index in [0.717, 1.165) is 25.7 Å². The number of hydrogen-bond acceptors (Lipinski definition) is 2. The fourth-order valence-electron chi connectivity index (χ4n) is 1.76. The van der Waals surface area contributed by atoms with Crippen molar-refractivity contribution < 1.29 is 19.8 Å². The summed E-state index contributed by atoms with van der Waals surface area (Å²) in [5.41, 5.74) is 0. The van der Waals surface area contributed by atoms with Crippen LogP contribution in [0.5, 0.6) is 0 Å². The second-order valence-corrected chi connectivity index (χ2v) is 6.48. The molecule has 0 bridgehead atoms. The topological polar surface area (TPSA) is 74.6 Å². The summed E-state index contributed by atoms with van der Waals surface area (Å²) in [7, 11) is 2.66. The van der Waals surface area contributed by atoms with Gasteiger partial charge in [-0.15, -0.1) is 9.24 Å². The van der Waals surface area contributed by atoms with E-state index in [0.29, 0.717) is 12.8 Å². The van der Waals surface area contributed by atoms with Crippen molar-refractivity contribution in [1.29, 1.82) is 0 Å². The Bertz CT molecular complexity index is 232. The van der Waals surface area contributed by atoms with Crippen molar-refractivity contribution in [1.82, 2.24) is 0 Å².